The number of ether oxygens (including phenoxy) is 2. The van der Waals surface area contributed by atoms with Crippen LogP contribution in [-0.2, 0) is 14.3 Å². The minimum Gasteiger partial charge on any atom is -0.480 e. The van der Waals surface area contributed by atoms with E-state index in [9.17, 15) is 19.5 Å². The van der Waals surface area contributed by atoms with Gasteiger partial charge in [-0.05, 0) is 59.3 Å². The molecular formula is C20H32N2O6. The van der Waals surface area contributed by atoms with E-state index in [-0.39, 0.29) is 12.5 Å². The molecule has 3 N–H and O–H groups in total. The van der Waals surface area contributed by atoms with Crippen LogP contribution in [0.15, 0.2) is 0 Å². The first-order valence-electron chi connectivity index (χ1n) is 9.82. The Hall–Kier alpha value is -2.43. The molecule has 2 atom stereocenters. The van der Waals surface area contributed by atoms with Gasteiger partial charge in [-0.3, -0.25) is 0 Å². The van der Waals surface area contributed by atoms with Crippen LogP contribution in [0.3, 0.4) is 0 Å². The van der Waals surface area contributed by atoms with Gasteiger partial charge in [-0.25, -0.2) is 14.4 Å². The summed E-state index contributed by atoms with van der Waals surface area (Å²) in [6.45, 7) is 5.47. The molecule has 8 heteroatoms. The van der Waals surface area contributed by atoms with Gasteiger partial charge >= 0.3 is 18.2 Å². The molecule has 1 aliphatic rings. The summed E-state index contributed by atoms with van der Waals surface area (Å²) in [5, 5.41) is 14.2. The van der Waals surface area contributed by atoms with Crippen LogP contribution in [-0.4, -0.2) is 47.6 Å². The number of nitrogens with one attached hydrogen (secondary N) is 2. The highest BCUT2D eigenvalue weighted by atomic mass is 16.6. The third-order valence-corrected chi connectivity index (χ3v) is 3.96. The fourth-order valence-corrected chi connectivity index (χ4v) is 2.61. The zero-order valence-electron chi connectivity index (χ0n) is 17.0. The highest BCUT2D eigenvalue weighted by Gasteiger charge is 2.23. The summed E-state index contributed by atoms with van der Waals surface area (Å²) in [6, 6.07) is -1.04. The number of unbranched alkanes of at least 4 members (excludes halogenated alkanes) is 1. The van der Waals surface area contributed by atoms with E-state index in [2.05, 4.69) is 22.5 Å². The number of amides is 2. The van der Waals surface area contributed by atoms with E-state index in [1.165, 1.54) is 0 Å². The first-order valence-corrected chi connectivity index (χ1v) is 9.82. The highest BCUT2D eigenvalue weighted by molar-refractivity contribution is 5.79. The number of rotatable bonds is 8. The van der Waals surface area contributed by atoms with Crippen LogP contribution in [0.4, 0.5) is 9.59 Å². The minimum atomic E-state index is -1.12. The quantitative estimate of drug-likeness (QED) is 0.429. The third kappa shape index (κ3) is 11.3. The third-order valence-electron chi connectivity index (χ3n) is 3.96. The summed E-state index contributed by atoms with van der Waals surface area (Å²) in [5.74, 6) is 4.86. The molecule has 0 saturated carbocycles. The molecule has 0 aromatic rings. The fourth-order valence-electron chi connectivity index (χ4n) is 2.61. The lowest BCUT2D eigenvalue weighted by molar-refractivity contribution is -0.139. The average Bonchev–Trinajstić information content (AvgIpc) is 2.54. The predicted octanol–water partition coefficient (Wildman–Crippen LogP) is 3.20. The maximum atomic E-state index is 11.8. The summed E-state index contributed by atoms with van der Waals surface area (Å²) in [5.41, 5.74) is -0.696. The SMILES string of the molecule is CC(C)(C)OC(=O)N[C@@H](CCCCNC(=O)OC1C#CCCCCC1)C(=O)O. The molecule has 8 nitrogen and oxygen atoms in total. The van der Waals surface area contributed by atoms with Crippen molar-refractivity contribution in [1.29, 1.82) is 0 Å². The zero-order valence-corrected chi connectivity index (χ0v) is 17.0. The van der Waals surface area contributed by atoms with Crippen molar-refractivity contribution >= 4 is 18.2 Å². The van der Waals surface area contributed by atoms with Gasteiger partial charge in [0, 0.05) is 13.0 Å². The number of hydrogen-bond acceptors (Lipinski definition) is 5. The second kappa shape index (κ2) is 12.1. The normalized spacial score (nSPS) is 17.8. The fraction of sp³-hybridized carbons (Fsp3) is 0.750. The number of alkyl carbamates (subject to hydrolysis) is 2. The Balaban J connectivity index is 2.25. The van der Waals surface area contributed by atoms with E-state index in [1.807, 2.05) is 0 Å². The molecule has 0 aromatic carbocycles. The Morgan fingerprint density at radius 3 is 2.57 bits per heavy atom. The van der Waals surface area contributed by atoms with Crippen molar-refractivity contribution in [3.05, 3.63) is 0 Å². The molecule has 158 valence electrons. The molecule has 1 unspecified atom stereocenters. The Labute approximate surface area is 166 Å². The molecule has 0 saturated heterocycles. The summed E-state index contributed by atoms with van der Waals surface area (Å²) in [7, 11) is 0. The standard InChI is InChI=1S/C20H32N2O6/c1-20(2,3)28-19(26)22-16(17(23)24)13-9-10-14-21-18(25)27-15-11-7-5-4-6-8-12-15/h15-16H,4-7,9-11,13-14H2,1-3H3,(H,21,25)(H,22,26)(H,23,24)/t15?,16-/m0/s1. The molecule has 1 aliphatic carbocycles. The van der Waals surface area contributed by atoms with Gasteiger partial charge in [0.2, 0.25) is 0 Å². The van der Waals surface area contributed by atoms with E-state index in [0.717, 1.165) is 32.1 Å². The predicted molar refractivity (Wildman–Crippen MR) is 104 cm³/mol. The van der Waals surface area contributed by atoms with E-state index >= 15 is 0 Å². The Kier molecular flexibility index (Phi) is 10.2. The van der Waals surface area contributed by atoms with Gasteiger partial charge in [0.1, 0.15) is 11.6 Å². The van der Waals surface area contributed by atoms with E-state index in [0.29, 0.717) is 19.4 Å². The number of carboxylic acid groups (broad SMARTS) is 1. The van der Waals surface area contributed by atoms with Crippen molar-refractivity contribution in [2.24, 2.45) is 0 Å². The Bertz CT molecular complexity index is 588. The molecule has 28 heavy (non-hydrogen) atoms. The van der Waals surface area contributed by atoms with E-state index in [1.54, 1.807) is 20.8 Å². The molecule has 0 aliphatic heterocycles. The summed E-state index contributed by atoms with van der Waals surface area (Å²) < 4.78 is 10.4. The maximum Gasteiger partial charge on any atom is 0.408 e. The van der Waals surface area contributed by atoms with Gasteiger partial charge in [0.05, 0.1) is 0 Å². The molecule has 0 spiro atoms. The van der Waals surface area contributed by atoms with Crippen molar-refractivity contribution < 1.29 is 29.0 Å². The Morgan fingerprint density at radius 1 is 1.14 bits per heavy atom. The molecule has 0 fully saturated rings. The van der Waals surface area contributed by atoms with Crippen LogP contribution < -0.4 is 10.6 Å². The molecule has 1 rings (SSSR count). The smallest absolute Gasteiger partial charge is 0.408 e. The van der Waals surface area contributed by atoms with Crippen LogP contribution in [0.5, 0.6) is 0 Å². The van der Waals surface area contributed by atoms with Crippen molar-refractivity contribution in [3.8, 4) is 11.8 Å². The topological polar surface area (TPSA) is 114 Å². The van der Waals surface area contributed by atoms with Crippen LogP contribution in [0, 0.1) is 11.8 Å². The lowest BCUT2D eigenvalue weighted by Crippen LogP contribution is -2.43. The number of carboxylic acids is 1. The van der Waals surface area contributed by atoms with Gasteiger partial charge in [-0.2, -0.15) is 0 Å². The summed E-state index contributed by atoms with van der Waals surface area (Å²) in [4.78, 5) is 34.8. The lowest BCUT2D eigenvalue weighted by atomic mass is 10.1. The Morgan fingerprint density at radius 2 is 1.89 bits per heavy atom. The number of carbonyl (C=O) groups excluding carboxylic acids is 2. The second-order valence-corrected chi connectivity index (χ2v) is 7.77. The largest absolute Gasteiger partial charge is 0.480 e. The molecule has 0 aromatic heterocycles. The molecular weight excluding hydrogens is 364 g/mol. The van der Waals surface area contributed by atoms with Crippen molar-refractivity contribution in [3.63, 3.8) is 0 Å². The van der Waals surface area contributed by atoms with Crippen molar-refractivity contribution in [2.45, 2.75) is 89.9 Å². The number of aliphatic carboxylic acids is 1. The lowest BCUT2D eigenvalue weighted by Gasteiger charge is -2.22. The number of carbonyl (C=O) groups is 3. The minimum absolute atomic E-state index is 0.236. The molecule has 0 bridgehead atoms. The van der Waals surface area contributed by atoms with Crippen molar-refractivity contribution in [2.75, 3.05) is 6.54 Å². The van der Waals surface area contributed by atoms with Crippen LogP contribution in [0.2, 0.25) is 0 Å². The van der Waals surface area contributed by atoms with Gasteiger partial charge < -0.3 is 25.2 Å². The van der Waals surface area contributed by atoms with Crippen molar-refractivity contribution in [1.82, 2.24) is 10.6 Å². The molecule has 0 radical (unpaired) electrons. The monoisotopic (exact) mass is 396 g/mol. The van der Waals surface area contributed by atoms with Gasteiger partial charge in [0.15, 0.2) is 6.10 Å². The van der Waals surface area contributed by atoms with Gasteiger partial charge in [-0.1, -0.05) is 18.3 Å². The molecule has 2 amide bonds. The molecule has 0 heterocycles. The van der Waals surface area contributed by atoms with Gasteiger partial charge in [0.25, 0.3) is 0 Å². The van der Waals surface area contributed by atoms with Crippen LogP contribution in [0.25, 0.3) is 0 Å². The van der Waals surface area contributed by atoms with Gasteiger partial charge in [-0.15, -0.1) is 0 Å². The number of hydrogen-bond donors (Lipinski definition) is 3. The summed E-state index contributed by atoms with van der Waals surface area (Å²) >= 11 is 0. The van der Waals surface area contributed by atoms with E-state index in [4.69, 9.17) is 9.47 Å². The van der Waals surface area contributed by atoms with Crippen LogP contribution in [0.1, 0.15) is 72.1 Å². The first-order chi connectivity index (χ1) is 13.2. The van der Waals surface area contributed by atoms with Crippen LogP contribution >= 0.6 is 0 Å². The second-order valence-electron chi connectivity index (χ2n) is 7.77. The van der Waals surface area contributed by atoms with E-state index < -0.39 is 29.8 Å². The average molecular weight is 396 g/mol. The first kappa shape index (κ1) is 23.6. The maximum absolute atomic E-state index is 11.8. The summed E-state index contributed by atoms with van der Waals surface area (Å²) in [6.07, 6.45) is 4.43. The zero-order chi connectivity index (χ0) is 21.0. The highest BCUT2D eigenvalue weighted by Crippen LogP contribution is 2.11.